The summed E-state index contributed by atoms with van der Waals surface area (Å²) in [6.45, 7) is 10.8. The van der Waals surface area contributed by atoms with Crippen LogP contribution < -0.4 is 0 Å². The second kappa shape index (κ2) is 5.32. The summed E-state index contributed by atoms with van der Waals surface area (Å²) < 4.78 is 20.4. The monoisotopic (exact) mass is 295 g/mol. The summed E-state index contributed by atoms with van der Waals surface area (Å²) in [6.07, 6.45) is 8.84. The highest BCUT2D eigenvalue weighted by atomic mass is 31.2. The number of allylic oxidation sites excluding steroid dienone is 2. The lowest BCUT2D eigenvalue weighted by molar-refractivity contribution is 0.406. The van der Waals surface area contributed by atoms with Crippen LogP contribution in [0.1, 0.15) is 39.5 Å². The molecular formula is C15H26N3OP. The first-order valence-electron chi connectivity index (χ1n) is 7.81. The molecule has 0 aromatic rings. The van der Waals surface area contributed by atoms with Crippen molar-refractivity contribution < 1.29 is 4.57 Å². The molecule has 1 aliphatic carbocycles. The molecule has 3 rings (SSSR count). The molecule has 0 spiro atoms. The van der Waals surface area contributed by atoms with Crippen LogP contribution in [0.5, 0.6) is 0 Å². The zero-order chi connectivity index (χ0) is 14.3. The molecule has 0 amide bonds. The Balaban J connectivity index is 1.91. The Morgan fingerprint density at radius 1 is 1.35 bits per heavy atom. The minimum Gasteiger partial charge on any atom is -0.299 e. The highest BCUT2D eigenvalue weighted by Gasteiger charge is 2.58. The SMILES string of the molecule is C=CCN(C1=CCCCC1)P(=O)(N1CC1C)N1CC1C. The summed E-state index contributed by atoms with van der Waals surface area (Å²) in [5.74, 6) is 0. The first-order chi connectivity index (χ1) is 9.59. The minimum absolute atomic E-state index is 0.449. The second-order valence-corrected chi connectivity index (χ2v) is 8.80. The lowest BCUT2D eigenvalue weighted by atomic mass is 10.1. The number of hydrogen-bond donors (Lipinski definition) is 0. The molecule has 0 radical (unpaired) electrons. The Bertz CT molecular complexity index is 456. The van der Waals surface area contributed by atoms with Crippen molar-refractivity contribution in [2.45, 2.75) is 51.6 Å². The van der Waals surface area contributed by atoms with E-state index in [1.165, 1.54) is 18.5 Å². The van der Waals surface area contributed by atoms with Crippen molar-refractivity contribution in [2.24, 2.45) is 0 Å². The lowest BCUT2D eigenvalue weighted by Crippen LogP contribution is -2.29. The van der Waals surface area contributed by atoms with Crippen molar-refractivity contribution in [1.29, 1.82) is 0 Å². The Labute approximate surface area is 122 Å². The molecule has 4 atom stereocenters. The van der Waals surface area contributed by atoms with Gasteiger partial charge in [0.25, 0.3) is 0 Å². The molecule has 0 aromatic carbocycles. The van der Waals surface area contributed by atoms with E-state index in [9.17, 15) is 4.57 Å². The molecule has 0 saturated carbocycles. The van der Waals surface area contributed by atoms with Gasteiger partial charge < -0.3 is 0 Å². The third kappa shape index (κ3) is 2.38. The van der Waals surface area contributed by atoms with Gasteiger partial charge in [-0.3, -0.25) is 9.24 Å². The van der Waals surface area contributed by atoms with E-state index in [1.54, 1.807) is 0 Å². The van der Waals surface area contributed by atoms with Crippen molar-refractivity contribution in [2.75, 3.05) is 19.6 Å². The van der Waals surface area contributed by atoms with Crippen molar-refractivity contribution in [3.05, 3.63) is 24.4 Å². The molecule has 2 saturated heterocycles. The van der Waals surface area contributed by atoms with Gasteiger partial charge in [0.05, 0.1) is 0 Å². The maximum Gasteiger partial charge on any atom is 0.311 e. The van der Waals surface area contributed by atoms with E-state index in [0.717, 1.165) is 25.9 Å². The number of rotatable bonds is 6. The van der Waals surface area contributed by atoms with E-state index in [-0.39, 0.29) is 0 Å². The summed E-state index contributed by atoms with van der Waals surface area (Å²) in [6, 6.07) is 0.898. The third-order valence-electron chi connectivity index (χ3n) is 4.54. The fourth-order valence-electron chi connectivity index (χ4n) is 3.17. The number of nitrogens with zero attached hydrogens (tertiary/aromatic N) is 3. The quantitative estimate of drug-likeness (QED) is 0.426. The Morgan fingerprint density at radius 2 is 1.95 bits per heavy atom. The van der Waals surface area contributed by atoms with Crippen LogP contribution in [0.3, 0.4) is 0 Å². The largest absolute Gasteiger partial charge is 0.311 e. The molecule has 0 bridgehead atoms. The molecule has 112 valence electrons. The van der Waals surface area contributed by atoms with Crippen LogP contribution in [-0.4, -0.2) is 45.7 Å². The van der Waals surface area contributed by atoms with Crippen LogP contribution in [0, 0.1) is 0 Å². The van der Waals surface area contributed by atoms with Crippen LogP contribution in [0.25, 0.3) is 0 Å². The maximum atomic E-state index is 13.8. The molecule has 5 heteroatoms. The zero-order valence-electron chi connectivity index (χ0n) is 12.7. The topological polar surface area (TPSA) is 26.3 Å². The van der Waals surface area contributed by atoms with Crippen LogP contribution in [0.15, 0.2) is 24.4 Å². The molecule has 0 N–H and O–H groups in total. The molecule has 20 heavy (non-hydrogen) atoms. The van der Waals surface area contributed by atoms with Crippen molar-refractivity contribution >= 4 is 7.59 Å². The molecule has 2 fully saturated rings. The van der Waals surface area contributed by atoms with Gasteiger partial charge in [0.2, 0.25) is 0 Å². The fourth-order valence-corrected chi connectivity index (χ4v) is 6.79. The van der Waals surface area contributed by atoms with Gasteiger partial charge in [0.1, 0.15) is 0 Å². The Kier molecular flexibility index (Phi) is 3.83. The van der Waals surface area contributed by atoms with E-state index in [0.29, 0.717) is 18.6 Å². The summed E-state index contributed by atoms with van der Waals surface area (Å²) in [4.78, 5) is 0. The fraction of sp³-hybridized carbons (Fsp3) is 0.733. The van der Waals surface area contributed by atoms with Gasteiger partial charge in [-0.05, 0) is 39.5 Å². The minimum atomic E-state index is -2.59. The average molecular weight is 295 g/mol. The predicted molar refractivity (Wildman–Crippen MR) is 83.4 cm³/mol. The maximum absolute atomic E-state index is 13.8. The normalized spacial score (nSPS) is 38.6. The molecule has 2 aliphatic heterocycles. The summed E-state index contributed by atoms with van der Waals surface area (Å²) >= 11 is 0. The Hall–Kier alpha value is -0.570. The lowest BCUT2D eigenvalue weighted by Gasteiger charge is -2.37. The highest BCUT2D eigenvalue weighted by molar-refractivity contribution is 7.57. The van der Waals surface area contributed by atoms with Crippen molar-refractivity contribution in [3.8, 4) is 0 Å². The molecule has 4 unspecified atom stereocenters. The Morgan fingerprint density at radius 3 is 2.35 bits per heavy atom. The second-order valence-electron chi connectivity index (χ2n) is 6.27. The third-order valence-corrected chi connectivity index (χ3v) is 8.04. The zero-order valence-corrected chi connectivity index (χ0v) is 13.6. The molecular weight excluding hydrogens is 269 g/mol. The van der Waals surface area contributed by atoms with Crippen LogP contribution >= 0.6 is 7.59 Å². The van der Waals surface area contributed by atoms with Crippen molar-refractivity contribution in [1.82, 2.24) is 14.0 Å². The van der Waals surface area contributed by atoms with Gasteiger partial charge in [-0.2, -0.15) is 0 Å². The van der Waals surface area contributed by atoms with E-state index >= 15 is 0 Å². The summed E-state index contributed by atoms with van der Waals surface area (Å²) in [7, 11) is -2.59. The van der Waals surface area contributed by atoms with Gasteiger partial charge in [0, 0.05) is 37.4 Å². The molecule has 0 aromatic heterocycles. The molecule has 4 nitrogen and oxygen atoms in total. The predicted octanol–water partition coefficient (Wildman–Crippen LogP) is 3.45. The van der Waals surface area contributed by atoms with Crippen LogP contribution in [-0.2, 0) is 4.57 Å². The van der Waals surface area contributed by atoms with Crippen LogP contribution in [0.4, 0.5) is 0 Å². The van der Waals surface area contributed by atoms with E-state index < -0.39 is 7.59 Å². The molecule has 3 aliphatic rings. The van der Waals surface area contributed by atoms with Gasteiger partial charge in [0.15, 0.2) is 0 Å². The van der Waals surface area contributed by atoms with E-state index in [1.807, 2.05) is 6.08 Å². The van der Waals surface area contributed by atoms with E-state index in [2.05, 4.69) is 40.5 Å². The smallest absolute Gasteiger partial charge is 0.299 e. The van der Waals surface area contributed by atoms with Gasteiger partial charge >= 0.3 is 7.59 Å². The van der Waals surface area contributed by atoms with Gasteiger partial charge in [-0.15, -0.1) is 6.58 Å². The summed E-state index contributed by atoms with van der Waals surface area (Å²) in [5.41, 5.74) is 1.28. The molecule has 2 heterocycles. The van der Waals surface area contributed by atoms with E-state index in [4.69, 9.17) is 0 Å². The first-order valence-corrected chi connectivity index (χ1v) is 9.37. The van der Waals surface area contributed by atoms with Gasteiger partial charge in [-0.25, -0.2) is 9.34 Å². The average Bonchev–Trinajstić information content (AvgIpc) is 3.35. The van der Waals surface area contributed by atoms with Gasteiger partial charge in [-0.1, -0.05) is 12.2 Å². The van der Waals surface area contributed by atoms with Crippen LogP contribution in [0.2, 0.25) is 0 Å². The first kappa shape index (κ1) is 14.4. The summed E-state index contributed by atoms with van der Waals surface area (Å²) in [5, 5.41) is 0. The van der Waals surface area contributed by atoms with Crippen molar-refractivity contribution in [3.63, 3.8) is 0 Å². The standard InChI is InChI=1S/C15H26N3OP/c1-4-10-16(15-8-6-5-7-9-15)20(19,17-11-13(17)2)18-12-14(18)3/h4,8,13-14H,1,5-7,9-12H2,2-3H3. The number of hydrogen-bond acceptors (Lipinski definition) is 1. The highest BCUT2D eigenvalue weighted by Crippen LogP contribution is 2.67.